The molecular formula is C31H33Cl2N5O5. The van der Waals surface area contributed by atoms with E-state index in [1.54, 1.807) is 79.6 Å². The molecule has 4 aromatic rings. The lowest BCUT2D eigenvalue weighted by Crippen LogP contribution is -2.44. The summed E-state index contributed by atoms with van der Waals surface area (Å²) in [4.78, 5) is 59.3. The van der Waals surface area contributed by atoms with Gasteiger partial charge >= 0.3 is 11.7 Å². The van der Waals surface area contributed by atoms with Crippen molar-refractivity contribution in [3.8, 4) is 17.1 Å². The van der Waals surface area contributed by atoms with Crippen LogP contribution in [-0.2, 0) is 27.6 Å². The Balaban J connectivity index is 1.75. The lowest BCUT2D eigenvalue weighted by Gasteiger charge is -2.31. The molecule has 1 amide bonds. The number of carbonyl (C=O) groups excluding carboxylic acids is 2. The van der Waals surface area contributed by atoms with Crippen molar-refractivity contribution in [2.45, 2.75) is 53.8 Å². The molecule has 0 unspecified atom stereocenters. The van der Waals surface area contributed by atoms with Gasteiger partial charge in [-0.3, -0.25) is 23.5 Å². The first-order valence-electron chi connectivity index (χ1n) is 14.1. The minimum Gasteiger partial charge on any atom is -0.443 e. The van der Waals surface area contributed by atoms with Gasteiger partial charge < -0.3 is 9.64 Å². The van der Waals surface area contributed by atoms with Gasteiger partial charge in [-0.15, -0.1) is 0 Å². The predicted molar refractivity (Wildman–Crippen MR) is 166 cm³/mol. The highest BCUT2D eigenvalue weighted by molar-refractivity contribution is 6.33. The van der Waals surface area contributed by atoms with Crippen LogP contribution in [0.15, 0.2) is 58.1 Å². The fourth-order valence-corrected chi connectivity index (χ4v) is 5.56. The number of ether oxygens (including phenoxy) is 1. The van der Waals surface area contributed by atoms with Crippen molar-refractivity contribution in [1.82, 2.24) is 23.6 Å². The van der Waals surface area contributed by atoms with E-state index in [0.29, 0.717) is 53.1 Å². The molecule has 12 heteroatoms. The van der Waals surface area contributed by atoms with E-state index in [1.807, 2.05) is 6.07 Å². The Kier molecular flexibility index (Phi) is 8.54. The number of nitrogens with zero attached hydrogens (tertiary/aromatic N) is 5. The first-order chi connectivity index (χ1) is 20.4. The monoisotopic (exact) mass is 625 g/mol. The molecule has 226 valence electrons. The normalized spacial score (nSPS) is 14.3. The lowest BCUT2D eigenvalue weighted by molar-refractivity contribution is -0.157. The Hall–Kier alpha value is -3.89. The van der Waals surface area contributed by atoms with Crippen LogP contribution in [0.1, 0.15) is 40.5 Å². The summed E-state index contributed by atoms with van der Waals surface area (Å²) in [7, 11) is 0. The van der Waals surface area contributed by atoms with Gasteiger partial charge in [0, 0.05) is 42.8 Å². The number of rotatable bonds is 6. The summed E-state index contributed by atoms with van der Waals surface area (Å²) in [6.45, 7) is 7.47. The van der Waals surface area contributed by atoms with Crippen LogP contribution < -0.4 is 11.2 Å². The molecule has 3 heterocycles. The van der Waals surface area contributed by atoms with Gasteiger partial charge in [-0.2, -0.15) is 0 Å². The van der Waals surface area contributed by atoms with E-state index in [0.717, 1.165) is 4.57 Å². The van der Waals surface area contributed by atoms with E-state index in [4.69, 9.17) is 32.9 Å². The Morgan fingerprint density at radius 3 is 2.23 bits per heavy atom. The minimum absolute atomic E-state index is 0.0123. The molecule has 0 spiro atoms. The highest BCUT2D eigenvalue weighted by atomic mass is 35.5. The average Bonchev–Trinajstić information content (AvgIpc) is 3.36. The van der Waals surface area contributed by atoms with Gasteiger partial charge in [0.15, 0.2) is 17.9 Å². The molecule has 43 heavy (non-hydrogen) atoms. The fourth-order valence-electron chi connectivity index (χ4n) is 5.21. The van der Waals surface area contributed by atoms with Gasteiger partial charge in [-0.1, -0.05) is 35.3 Å². The quantitative estimate of drug-likeness (QED) is 0.275. The number of benzene rings is 2. The summed E-state index contributed by atoms with van der Waals surface area (Å²) in [5.41, 5.74) is -0.673. The second kappa shape index (κ2) is 12.0. The summed E-state index contributed by atoms with van der Waals surface area (Å²) >= 11 is 12.8. The molecule has 1 aliphatic heterocycles. The summed E-state index contributed by atoms with van der Waals surface area (Å²) in [5.74, 6) is -0.128. The summed E-state index contributed by atoms with van der Waals surface area (Å²) < 4.78 is 9.52. The number of piperidine rings is 1. The van der Waals surface area contributed by atoms with Gasteiger partial charge in [0.25, 0.3) is 5.56 Å². The third-order valence-electron chi connectivity index (χ3n) is 7.66. The van der Waals surface area contributed by atoms with E-state index in [1.165, 1.54) is 4.57 Å². The molecule has 2 aromatic heterocycles. The third kappa shape index (κ3) is 6.12. The van der Waals surface area contributed by atoms with Gasteiger partial charge in [0.2, 0.25) is 5.91 Å². The van der Waals surface area contributed by atoms with Crippen LogP contribution in [0.4, 0.5) is 0 Å². The van der Waals surface area contributed by atoms with Gasteiger partial charge in [-0.25, -0.2) is 14.3 Å². The van der Waals surface area contributed by atoms with Gasteiger partial charge in [-0.05, 0) is 75.9 Å². The van der Waals surface area contributed by atoms with E-state index < -0.39 is 29.4 Å². The number of likely N-dealkylation sites (tertiary alicyclic amines) is 1. The molecule has 10 nitrogen and oxygen atoms in total. The summed E-state index contributed by atoms with van der Waals surface area (Å²) in [6, 6.07) is 14.0. The molecular weight excluding hydrogens is 593 g/mol. The van der Waals surface area contributed by atoms with E-state index in [2.05, 4.69) is 0 Å². The van der Waals surface area contributed by atoms with E-state index >= 15 is 0 Å². The molecule has 1 aliphatic rings. The Morgan fingerprint density at radius 1 is 0.977 bits per heavy atom. The maximum Gasteiger partial charge on any atom is 0.335 e. The van der Waals surface area contributed by atoms with Crippen molar-refractivity contribution in [3.63, 3.8) is 0 Å². The number of imidazole rings is 1. The van der Waals surface area contributed by atoms with Crippen molar-refractivity contribution < 1.29 is 14.3 Å². The van der Waals surface area contributed by atoms with Crippen molar-refractivity contribution in [2.24, 2.45) is 11.3 Å². The summed E-state index contributed by atoms with van der Waals surface area (Å²) in [5, 5.41) is 0.922. The number of hydrogen-bond donors (Lipinski definition) is 0. The van der Waals surface area contributed by atoms with Crippen LogP contribution >= 0.6 is 23.2 Å². The molecule has 1 fully saturated rings. The number of carbonyl (C=O) groups is 2. The second-order valence-electron chi connectivity index (χ2n) is 11.8. The number of aromatic nitrogens is 4. The molecule has 1 saturated heterocycles. The molecule has 0 saturated carbocycles. The molecule has 2 aromatic carbocycles. The summed E-state index contributed by atoms with van der Waals surface area (Å²) in [6.07, 6.45) is 1.36. The van der Waals surface area contributed by atoms with Gasteiger partial charge in [0.05, 0.1) is 10.4 Å². The Labute approximate surface area is 258 Å². The van der Waals surface area contributed by atoms with Crippen LogP contribution in [0.2, 0.25) is 10.0 Å². The first kappa shape index (κ1) is 30.6. The molecule has 0 atom stereocenters. The standard InChI is InChI=1S/C31H33Cl2N5O5/c1-19(39)35-15-13-20(14-16-35)17-36-27-25(28(40)37(30(36)42)18-43-29(41)31(2,3)4)38(22-11-9-21(32)10-12-22)26(34-27)23-7-5-6-8-24(23)33/h5-12,20H,13-18H2,1-4H3. The van der Waals surface area contributed by atoms with E-state index in [9.17, 15) is 19.2 Å². The largest absolute Gasteiger partial charge is 0.443 e. The number of esters is 1. The third-order valence-corrected chi connectivity index (χ3v) is 8.24. The zero-order chi connectivity index (χ0) is 31.1. The van der Waals surface area contributed by atoms with Crippen LogP contribution in [0.3, 0.4) is 0 Å². The van der Waals surface area contributed by atoms with Crippen LogP contribution in [0.5, 0.6) is 0 Å². The topological polar surface area (TPSA) is 108 Å². The van der Waals surface area contributed by atoms with Crippen LogP contribution in [0.25, 0.3) is 28.2 Å². The Morgan fingerprint density at radius 2 is 1.63 bits per heavy atom. The van der Waals surface area contributed by atoms with Crippen molar-refractivity contribution in [2.75, 3.05) is 13.1 Å². The van der Waals surface area contributed by atoms with Crippen molar-refractivity contribution >= 4 is 46.2 Å². The zero-order valence-electron chi connectivity index (χ0n) is 24.5. The molecule has 0 radical (unpaired) electrons. The fraction of sp³-hybridized carbons (Fsp3) is 0.387. The van der Waals surface area contributed by atoms with Crippen LogP contribution in [-0.4, -0.2) is 48.6 Å². The molecule has 0 bridgehead atoms. The average molecular weight is 627 g/mol. The lowest BCUT2D eigenvalue weighted by atomic mass is 9.96. The maximum atomic E-state index is 14.2. The maximum absolute atomic E-state index is 14.2. The van der Waals surface area contributed by atoms with Gasteiger partial charge in [0.1, 0.15) is 5.82 Å². The van der Waals surface area contributed by atoms with Crippen LogP contribution in [0, 0.1) is 11.3 Å². The Bertz CT molecular complexity index is 1810. The second-order valence-corrected chi connectivity index (χ2v) is 12.6. The highest BCUT2D eigenvalue weighted by Gasteiger charge is 2.29. The molecule has 0 N–H and O–H groups in total. The first-order valence-corrected chi connectivity index (χ1v) is 14.8. The number of halogens is 2. The smallest absolute Gasteiger partial charge is 0.335 e. The number of hydrogen-bond acceptors (Lipinski definition) is 6. The minimum atomic E-state index is -0.834. The molecule has 0 aliphatic carbocycles. The van der Waals surface area contributed by atoms with Crippen molar-refractivity contribution in [1.29, 1.82) is 0 Å². The molecule has 5 rings (SSSR count). The van der Waals surface area contributed by atoms with E-state index in [-0.39, 0.29) is 29.5 Å². The highest BCUT2D eigenvalue weighted by Crippen LogP contribution is 2.32. The number of fused-ring (bicyclic) bond motifs is 1. The number of amides is 1. The SMILES string of the molecule is CC(=O)N1CCC(Cn2c(=O)n(COC(=O)C(C)(C)C)c(=O)c3c2nc(-c2ccccc2Cl)n3-c2ccc(Cl)cc2)CC1. The predicted octanol–water partition coefficient (Wildman–Crippen LogP) is 5.13. The van der Waals surface area contributed by atoms with Crippen molar-refractivity contribution in [3.05, 3.63) is 79.4 Å². The zero-order valence-corrected chi connectivity index (χ0v) is 26.0.